The highest BCUT2D eigenvalue weighted by molar-refractivity contribution is 5.69. The smallest absolute Gasteiger partial charge is 0.201 e. The Morgan fingerprint density at radius 2 is 2.43 bits per heavy atom. The molecule has 0 aromatic carbocycles. The van der Waals surface area contributed by atoms with Gasteiger partial charge >= 0.3 is 0 Å². The summed E-state index contributed by atoms with van der Waals surface area (Å²) in [6, 6.07) is 2.05. The standard InChI is InChI=1S/C9H11N5/c10-3-5-1-7(5)6-2-8-9(11-4-6)13-14-12-8/h2,4-5,7H,1,3,10H2,(H,11,12,13,14)/t5-,7+/m0/s1. The predicted molar refractivity (Wildman–Crippen MR) is 51.6 cm³/mol. The summed E-state index contributed by atoms with van der Waals surface area (Å²) in [5.41, 5.74) is 8.35. The molecule has 0 amide bonds. The summed E-state index contributed by atoms with van der Waals surface area (Å²) in [4.78, 5) is 4.23. The van der Waals surface area contributed by atoms with Crippen molar-refractivity contribution in [3.05, 3.63) is 17.8 Å². The van der Waals surface area contributed by atoms with Crippen molar-refractivity contribution in [2.24, 2.45) is 11.7 Å². The van der Waals surface area contributed by atoms with E-state index in [0.717, 1.165) is 12.1 Å². The number of hydrogen-bond acceptors (Lipinski definition) is 4. The van der Waals surface area contributed by atoms with Crippen LogP contribution in [0.15, 0.2) is 12.3 Å². The van der Waals surface area contributed by atoms with Crippen molar-refractivity contribution >= 4 is 11.2 Å². The molecule has 1 saturated carbocycles. The van der Waals surface area contributed by atoms with Crippen molar-refractivity contribution in [1.29, 1.82) is 0 Å². The van der Waals surface area contributed by atoms with E-state index < -0.39 is 0 Å². The number of aromatic amines is 1. The van der Waals surface area contributed by atoms with Gasteiger partial charge in [0.25, 0.3) is 0 Å². The van der Waals surface area contributed by atoms with Gasteiger partial charge in [0, 0.05) is 6.20 Å². The van der Waals surface area contributed by atoms with Crippen LogP contribution < -0.4 is 5.73 Å². The first-order valence-corrected chi connectivity index (χ1v) is 4.75. The maximum Gasteiger partial charge on any atom is 0.201 e. The van der Waals surface area contributed by atoms with Gasteiger partial charge in [0.1, 0.15) is 5.52 Å². The third kappa shape index (κ3) is 1.09. The van der Waals surface area contributed by atoms with Gasteiger partial charge in [-0.15, -0.1) is 5.10 Å². The average molecular weight is 189 g/mol. The number of aromatic nitrogens is 4. The molecular formula is C9H11N5. The Bertz CT molecular complexity index is 463. The molecule has 0 spiro atoms. The highest BCUT2D eigenvalue weighted by atomic mass is 15.3. The monoisotopic (exact) mass is 189 g/mol. The van der Waals surface area contributed by atoms with Gasteiger partial charge in [0.2, 0.25) is 5.65 Å². The van der Waals surface area contributed by atoms with Gasteiger partial charge in [-0.05, 0) is 36.4 Å². The largest absolute Gasteiger partial charge is 0.330 e. The maximum atomic E-state index is 5.60. The predicted octanol–water partition coefficient (Wildman–Crippen LogP) is 0.415. The van der Waals surface area contributed by atoms with Crippen LogP contribution >= 0.6 is 0 Å². The molecule has 14 heavy (non-hydrogen) atoms. The summed E-state index contributed by atoms with van der Waals surface area (Å²) < 4.78 is 0. The van der Waals surface area contributed by atoms with E-state index in [9.17, 15) is 0 Å². The first-order chi connectivity index (χ1) is 6.88. The third-order valence-electron chi connectivity index (χ3n) is 2.85. The molecule has 2 atom stereocenters. The lowest BCUT2D eigenvalue weighted by Gasteiger charge is -1.96. The maximum absolute atomic E-state index is 5.60. The number of H-pyrrole nitrogens is 1. The number of hydrogen-bond donors (Lipinski definition) is 2. The Balaban J connectivity index is 1.98. The second-order valence-electron chi connectivity index (χ2n) is 3.77. The number of fused-ring (bicyclic) bond motifs is 1. The minimum absolute atomic E-state index is 0.591. The molecule has 72 valence electrons. The van der Waals surface area contributed by atoms with E-state index in [1.807, 2.05) is 12.3 Å². The third-order valence-corrected chi connectivity index (χ3v) is 2.85. The molecular weight excluding hydrogens is 178 g/mol. The highest BCUT2D eigenvalue weighted by Crippen LogP contribution is 2.46. The molecule has 2 heterocycles. The van der Waals surface area contributed by atoms with Crippen molar-refractivity contribution in [3.63, 3.8) is 0 Å². The van der Waals surface area contributed by atoms with Gasteiger partial charge < -0.3 is 5.73 Å². The summed E-state index contributed by atoms with van der Waals surface area (Å²) in [6.07, 6.45) is 3.06. The molecule has 0 radical (unpaired) electrons. The Morgan fingerprint density at radius 3 is 3.21 bits per heavy atom. The normalized spacial score (nSPS) is 25.5. The number of nitrogens with two attached hydrogens (primary N) is 1. The SMILES string of the molecule is NC[C@@H]1C[C@H]1c1cnc2n[nH]nc2c1. The van der Waals surface area contributed by atoms with Crippen molar-refractivity contribution in [2.45, 2.75) is 12.3 Å². The quantitative estimate of drug-likeness (QED) is 0.717. The zero-order chi connectivity index (χ0) is 9.54. The lowest BCUT2D eigenvalue weighted by molar-refractivity contribution is 0.808. The van der Waals surface area contributed by atoms with Crippen LogP contribution in [0.1, 0.15) is 17.9 Å². The molecule has 1 aliphatic rings. The number of rotatable bonds is 2. The minimum Gasteiger partial charge on any atom is -0.330 e. The van der Waals surface area contributed by atoms with E-state index in [1.165, 1.54) is 12.0 Å². The Hall–Kier alpha value is -1.49. The summed E-state index contributed by atoms with van der Waals surface area (Å²) >= 11 is 0. The van der Waals surface area contributed by atoms with Crippen molar-refractivity contribution < 1.29 is 0 Å². The van der Waals surface area contributed by atoms with Crippen LogP contribution in [0.3, 0.4) is 0 Å². The zero-order valence-electron chi connectivity index (χ0n) is 7.64. The Kier molecular flexibility index (Phi) is 1.55. The topological polar surface area (TPSA) is 80.5 Å². The van der Waals surface area contributed by atoms with Crippen LogP contribution in [0.5, 0.6) is 0 Å². The summed E-state index contributed by atoms with van der Waals surface area (Å²) in [5, 5.41) is 10.5. The van der Waals surface area contributed by atoms with Gasteiger partial charge in [0.05, 0.1) is 0 Å². The molecule has 0 aliphatic heterocycles. The van der Waals surface area contributed by atoms with Gasteiger partial charge in [-0.25, -0.2) is 4.98 Å². The van der Waals surface area contributed by atoms with Crippen LogP contribution in [-0.2, 0) is 0 Å². The molecule has 0 bridgehead atoms. The zero-order valence-corrected chi connectivity index (χ0v) is 7.64. The first kappa shape index (κ1) is 7.87. The lowest BCUT2D eigenvalue weighted by atomic mass is 10.1. The van der Waals surface area contributed by atoms with Crippen LogP contribution in [-0.4, -0.2) is 26.9 Å². The van der Waals surface area contributed by atoms with E-state index in [2.05, 4.69) is 20.4 Å². The van der Waals surface area contributed by atoms with E-state index in [4.69, 9.17) is 5.73 Å². The summed E-state index contributed by atoms with van der Waals surface area (Å²) in [6.45, 7) is 0.765. The second-order valence-corrected chi connectivity index (χ2v) is 3.77. The lowest BCUT2D eigenvalue weighted by Crippen LogP contribution is -2.02. The van der Waals surface area contributed by atoms with E-state index in [-0.39, 0.29) is 0 Å². The molecule has 5 heteroatoms. The Morgan fingerprint density at radius 1 is 1.50 bits per heavy atom. The summed E-state index contributed by atoms with van der Waals surface area (Å²) in [5.74, 6) is 1.23. The molecule has 0 saturated heterocycles. The minimum atomic E-state index is 0.591. The molecule has 1 fully saturated rings. The number of nitrogens with one attached hydrogen (secondary N) is 1. The molecule has 2 aromatic rings. The van der Waals surface area contributed by atoms with Crippen LogP contribution in [0, 0.1) is 5.92 Å². The fourth-order valence-electron chi connectivity index (χ4n) is 1.88. The van der Waals surface area contributed by atoms with Crippen molar-refractivity contribution in [2.75, 3.05) is 6.54 Å². The molecule has 3 rings (SSSR count). The van der Waals surface area contributed by atoms with Gasteiger partial charge in [-0.1, -0.05) is 0 Å². The second kappa shape index (κ2) is 2.75. The molecule has 5 nitrogen and oxygen atoms in total. The van der Waals surface area contributed by atoms with Crippen LogP contribution in [0.25, 0.3) is 11.2 Å². The molecule has 2 aromatic heterocycles. The molecule has 1 aliphatic carbocycles. The fraction of sp³-hybridized carbons (Fsp3) is 0.444. The van der Waals surface area contributed by atoms with Crippen LogP contribution in [0.4, 0.5) is 0 Å². The molecule has 3 N–H and O–H groups in total. The Labute approximate surface area is 80.7 Å². The van der Waals surface area contributed by atoms with E-state index in [1.54, 1.807) is 0 Å². The van der Waals surface area contributed by atoms with Crippen molar-refractivity contribution in [1.82, 2.24) is 20.4 Å². The van der Waals surface area contributed by atoms with E-state index >= 15 is 0 Å². The van der Waals surface area contributed by atoms with E-state index in [0.29, 0.717) is 17.5 Å². The first-order valence-electron chi connectivity index (χ1n) is 4.75. The van der Waals surface area contributed by atoms with Crippen molar-refractivity contribution in [3.8, 4) is 0 Å². The van der Waals surface area contributed by atoms with Gasteiger partial charge in [-0.2, -0.15) is 10.3 Å². The van der Waals surface area contributed by atoms with Crippen LogP contribution in [0.2, 0.25) is 0 Å². The summed E-state index contributed by atoms with van der Waals surface area (Å²) in [7, 11) is 0. The number of pyridine rings is 1. The fourth-order valence-corrected chi connectivity index (χ4v) is 1.88. The number of nitrogens with zero attached hydrogens (tertiary/aromatic N) is 3. The highest BCUT2D eigenvalue weighted by Gasteiger charge is 2.37. The van der Waals surface area contributed by atoms with Gasteiger partial charge in [-0.3, -0.25) is 0 Å². The average Bonchev–Trinajstić information content (AvgIpc) is 2.87. The molecule has 0 unspecified atom stereocenters. The van der Waals surface area contributed by atoms with Gasteiger partial charge in [0.15, 0.2) is 0 Å².